The lowest BCUT2D eigenvalue weighted by atomic mass is 10.1. The van der Waals surface area contributed by atoms with Crippen LogP contribution in [0.4, 0.5) is 30.2 Å². The molecule has 0 aromatic heterocycles. The molecule has 2 rings (SSSR count). The van der Waals surface area contributed by atoms with Crippen molar-refractivity contribution in [3.05, 3.63) is 68.3 Å². The second kappa shape index (κ2) is 7.90. The van der Waals surface area contributed by atoms with E-state index in [2.05, 4.69) is 0 Å². The van der Waals surface area contributed by atoms with E-state index in [1.54, 1.807) is 0 Å². The summed E-state index contributed by atoms with van der Waals surface area (Å²) in [5, 5.41) is 23.3. The first-order valence-corrected chi connectivity index (χ1v) is 7.56. The molecular weight excluding hydrogens is 387 g/mol. The van der Waals surface area contributed by atoms with Gasteiger partial charge in [0.05, 0.1) is 21.1 Å². The molecule has 0 bridgehead atoms. The van der Waals surface area contributed by atoms with Gasteiger partial charge in [0.25, 0.3) is 17.3 Å². The van der Waals surface area contributed by atoms with E-state index >= 15 is 0 Å². The van der Waals surface area contributed by atoms with Gasteiger partial charge in [0, 0.05) is 24.3 Å². The van der Waals surface area contributed by atoms with Crippen LogP contribution in [0, 0.1) is 20.2 Å². The fourth-order valence-corrected chi connectivity index (χ4v) is 2.13. The minimum absolute atomic E-state index is 0.0907. The summed E-state index contributed by atoms with van der Waals surface area (Å²) >= 11 is 0. The standard InChI is InChI=1S/C16H12F3N3O6/c1-9(28-12-5-2-10(3-6-12)21(24)25)15(23)20-14-7-4-11(22(26)27)8-13(14)16(17,18)19/h2-9H,1H3,(H,20,23)/t9-/m0/s1. The number of nitrogens with zero attached hydrogens (tertiary/aromatic N) is 2. The Morgan fingerprint density at radius 2 is 1.57 bits per heavy atom. The number of hydrogen-bond acceptors (Lipinski definition) is 6. The number of nitrogens with one attached hydrogen (secondary N) is 1. The molecule has 1 N–H and O–H groups in total. The molecule has 0 aliphatic heterocycles. The number of halogens is 3. The number of hydrogen-bond donors (Lipinski definition) is 1. The zero-order chi connectivity index (χ0) is 21.1. The Morgan fingerprint density at radius 1 is 1.04 bits per heavy atom. The molecule has 0 spiro atoms. The molecule has 2 aromatic carbocycles. The molecule has 12 heteroatoms. The quantitative estimate of drug-likeness (QED) is 0.580. The zero-order valence-electron chi connectivity index (χ0n) is 14.1. The number of alkyl halides is 3. The van der Waals surface area contributed by atoms with Crippen molar-refractivity contribution in [2.75, 3.05) is 5.32 Å². The summed E-state index contributed by atoms with van der Waals surface area (Å²) in [6.45, 7) is 1.26. The Kier molecular flexibility index (Phi) is 5.81. The minimum Gasteiger partial charge on any atom is -0.481 e. The van der Waals surface area contributed by atoms with Crippen LogP contribution in [0.5, 0.6) is 5.75 Å². The Labute approximate surface area is 155 Å². The Hall–Kier alpha value is -3.70. The third-order valence-corrected chi connectivity index (χ3v) is 3.51. The van der Waals surface area contributed by atoms with E-state index in [0.717, 1.165) is 24.3 Å². The Morgan fingerprint density at radius 3 is 2.07 bits per heavy atom. The van der Waals surface area contributed by atoms with Crippen LogP contribution in [-0.4, -0.2) is 21.9 Å². The van der Waals surface area contributed by atoms with Crippen molar-refractivity contribution < 1.29 is 32.5 Å². The number of ether oxygens (including phenoxy) is 1. The van der Waals surface area contributed by atoms with E-state index < -0.39 is 45.0 Å². The van der Waals surface area contributed by atoms with E-state index in [1.165, 1.54) is 19.1 Å². The summed E-state index contributed by atoms with van der Waals surface area (Å²) in [7, 11) is 0. The van der Waals surface area contributed by atoms with Crippen LogP contribution in [0.1, 0.15) is 12.5 Å². The van der Waals surface area contributed by atoms with E-state index in [4.69, 9.17) is 4.74 Å². The normalized spacial score (nSPS) is 12.1. The van der Waals surface area contributed by atoms with Crippen molar-refractivity contribution in [2.24, 2.45) is 0 Å². The van der Waals surface area contributed by atoms with Crippen LogP contribution < -0.4 is 10.1 Å². The number of non-ortho nitro benzene ring substituents is 2. The molecule has 0 saturated heterocycles. The minimum atomic E-state index is -4.93. The summed E-state index contributed by atoms with van der Waals surface area (Å²) in [6, 6.07) is 6.65. The molecule has 1 atom stereocenters. The van der Waals surface area contributed by atoms with Gasteiger partial charge in [-0.15, -0.1) is 0 Å². The fraction of sp³-hybridized carbons (Fsp3) is 0.188. The van der Waals surface area contributed by atoms with E-state index in [-0.39, 0.29) is 11.4 Å². The van der Waals surface area contributed by atoms with Gasteiger partial charge < -0.3 is 10.1 Å². The maximum atomic E-state index is 13.1. The first kappa shape index (κ1) is 20.6. The van der Waals surface area contributed by atoms with Gasteiger partial charge >= 0.3 is 6.18 Å². The molecule has 148 valence electrons. The number of anilines is 1. The van der Waals surface area contributed by atoms with Gasteiger partial charge in [-0.2, -0.15) is 13.2 Å². The number of carbonyl (C=O) groups excluding carboxylic acids is 1. The van der Waals surface area contributed by atoms with Crippen molar-refractivity contribution in [3.8, 4) is 5.75 Å². The van der Waals surface area contributed by atoms with Gasteiger partial charge in [-0.25, -0.2) is 0 Å². The average Bonchev–Trinajstić information content (AvgIpc) is 2.61. The predicted octanol–water partition coefficient (Wildman–Crippen LogP) is 3.93. The van der Waals surface area contributed by atoms with Crippen LogP contribution in [0.25, 0.3) is 0 Å². The molecule has 2 aromatic rings. The summed E-state index contributed by atoms with van der Waals surface area (Å²) in [6.07, 6.45) is -6.19. The highest BCUT2D eigenvalue weighted by Crippen LogP contribution is 2.37. The molecule has 0 fully saturated rings. The van der Waals surface area contributed by atoms with Gasteiger partial charge in [0.1, 0.15) is 5.75 Å². The van der Waals surface area contributed by atoms with Crippen LogP contribution in [0.15, 0.2) is 42.5 Å². The Balaban J connectivity index is 2.17. The predicted molar refractivity (Wildman–Crippen MR) is 89.9 cm³/mol. The maximum absolute atomic E-state index is 13.1. The SMILES string of the molecule is C[C@H](Oc1ccc([N+](=O)[O-])cc1)C(=O)Nc1ccc([N+](=O)[O-])cc1C(F)(F)F. The lowest BCUT2D eigenvalue weighted by molar-refractivity contribution is -0.385. The van der Waals surface area contributed by atoms with E-state index in [1.807, 2.05) is 5.32 Å². The highest BCUT2D eigenvalue weighted by atomic mass is 19.4. The van der Waals surface area contributed by atoms with Crippen molar-refractivity contribution in [1.82, 2.24) is 0 Å². The second-order valence-electron chi connectivity index (χ2n) is 5.49. The number of nitro groups is 2. The van der Waals surface area contributed by atoms with Crippen molar-refractivity contribution in [1.29, 1.82) is 0 Å². The monoisotopic (exact) mass is 399 g/mol. The molecule has 9 nitrogen and oxygen atoms in total. The van der Waals surface area contributed by atoms with Gasteiger partial charge in [-0.3, -0.25) is 25.0 Å². The third kappa shape index (κ3) is 4.93. The molecule has 0 aliphatic rings. The number of benzene rings is 2. The maximum Gasteiger partial charge on any atom is 0.418 e. The van der Waals surface area contributed by atoms with Crippen molar-refractivity contribution in [2.45, 2.75) is 19.2 Å². The topological polar surface area (TPSA) is 125 Å². The summed E-state index contributed by atoms with van der Waals surface area (Å²) in [5.41, 5.74) is -3.02. The summed E-state index contributed by atoms with van der Waals surface area (Å²) < 4.78 is 44.6. The lowest BCUT2D eigenvalue weighted by Gasteiger charge is -2.17. The van der Waals surface area contributed by atoms with E-state index in [0.29, 0.717) is 6.07 Å². The average molecular weight is 399 g/mol. The summed E-state index contributed by atoms with van der Waals surface area (Å²) in [5.74, 6) is -0.856. The smallest absolute Gasteiger partial charge is 0.418 e. The first-order chi connectivity index (χ1) is 13.0. The highest BCUT2D eigenvalue weighted by molar-refractivity contribution is 5.95. The lowest BCUT2D eigenvalue weighted by Crippen LogP contribution is -2.31. The Bertz CT molecular complexity index is 915. The number of rotatable bonds is 6. The summed E-state index contributed by atoms with van der Waals surface area (Å²) in [4.78, 5) is 31.8. The molecule has 0 aliphatic carbocycles. The van der Waals surface area contributed by atoms with E-state index in [9.17, 15) is 38.2 Å². The van der Waals surface area contributed by atoms with Gasteiger partial charge in [-0.1, -0.05) is 0 Å². The fourth-order valence-electron chi connectivity index (χ4n) is 2.13. The van der Waals surface area contributed by atoms with Gasteiger partial charge in [0.2, 0.25) is 0 Å². The largest absolute Gasteiger partial charge is 0.481 e. The molecule has 0 unspecified atom stereocenters. The second-order valence-corrected chi connectivity index (χ2v) is 5.49. The zero-order valence-corrected chi connectivity index (χ0v) is 14.1. The van der Waals surface area contributed by atoms with Gasteiger partial charge in [-0.05, 0) is 25.1 Å². The van der Waals surface area contributed by atoms with Crippen molar-refractivity contribution >= 4 is 23.0 Å². The molecular formula is C16H12F3N3O6. The molecule has 0 saturated carbocycles. The highest BCUT2D eigenvalue weighted by Gasteiger charge is 2.36. The van der Waals surface area contributed by atoms with Gasteiger partial charge in [0.15, 0.2) is 6.10 Å². The first-order valence-electron chi connectivity index (χ1n) is 7.56. The number of nitro benzene ring substituents is 2. The van der Waals surface area contributed by atoms with Crippen LogP contribution >= 0.6 is 0 Å². The van der Waals surface area contributed by atoms with Crippen LogP contribution in [-0.2, 0) is 11.0 Å². The third-order valence-electron chi connectivity index (χ3n) is 3.51. The molecule has 1 amide bonds. The molecule has 0 heterocycles. The number of amides is 1. The van der Waals surface area contributed by atoms with Crippen LogP contribution in [0.2, 0.25) is 0 Å². The molecule has 0 radical (unpaired) electrons. The van der Waals surface area contributed by atoms with Crippen LogP contribution in [0.3, 0.4) is 0 Å². The number of carbonyl (C=O) groups is 1. The van der Waals surface area contributed by atoms with Crippen molar-refractivity contribution in [3.63, 3.8) is 0 Å². The molecule has 28 heavy (non-hydrogen) atoms.